The zero-order valence-electron chi connectivity index (χ0n) is 6.42. The highest BCUT2D eigenvalue weighted by Crippen LogP contribution is 1.85. The number of carbonyl (C=O) groups excluding carboxylic acids is 1. The first kappa shape index (κ1) is 8.94. The first-order valence-electron chi connectivity index (χ1n) is 3.09. The molecule has 0 aromatic carbocycles. The minimum atomic E-state index is -0.545. The van der Waals surface area contributed by atoms with Gasteiger partial charge in [-0.1, -0.05) is 19.0 Å². The maximum absolute atomic E-state index is 10.3. The lowest BCUT2D eigenvalue weighted by Crippen LogP contribution is -2.16. The number of amides is 1. The Balaban J connectivity index is 3.43. The fraction of sp³-hybridized carbons (Fsp3) is 0.667. The van der Waals surface area contributed by atoms with Crippen LogP contribution in [-0.2, 0) is 4.84 Å². The summed E-state index contributed by atoms with van der Waals surface area (Å²) in [7, 11) is 1.48. The fourth-order valence-corrected chi connectivity index (χ4v) is 0.246. The molecule has 58 valence electrons. The van der Waals surface area contributed by atoms with Crippen molar-refractivity contribution in [3.05, 3.63) is 0 Å². The van der Waals surface area contributed by atoms with E-state index in [-0.39, 0.29) is 0 Å². The molecule has 0 aliphatic carbocycles. The van der Waals surface area contributed by atoms with Crippen LogP contribution < -0.4 is 5.32 Å². The molecule has 0 radical (unpaired) electrons. The van der Waals surface area contributed by atoms with E-state index >= 15 is 0 Å². The lowest BCUT2D eigenvalue weighted by atomic mass is 10.3. The molecule has 1 N–H and O–H groups in total. The number of rotatable bonds is 2. The molecule has 0 fully saturated rings. The summed E-state index contributed by atoms with van der Waals surface area (Å²) in [6.45, 7) is 3.88. The average molecular weight is 144 g/mol. The zero-order chi connectivity index (χ0) is 7.98. The van der Waals surface area contributed by atoms with Gasteiger partial charge in [0.25, 0.3) is 0 Å². The number of carbonyl (C=O) groups is 1. The van der Waals surface area contributed by atoms with Gasteiger partial charge in [-0.2, -0.15) is 0 Å². The third kappa shape index (κ3) is 5.08. The lowest BCUT2D eigenvalue weighted by Gasteiger charge is -1.94. The standard InChI is InChI=1S/C6H12N2O2/c1-5(2)4-8-10-6(9)7-3/h4-5H,1-3H3,(H,7,9)/b8-4-. The van der Waals surface area contributed by atoms with Crippen molar-refractivity contribution in [2.45, 2.75) is 13.8 Å². The lowest BCUT2D eigenvalue weighted by molar-refractivity contribution is 0.153. The Kier molecular flexibility index (Phi) is 4.28. The highest BCUT2D eigenvalue weighted by molar-refractivity contribution is 5.68. The Morgan fingerprint density at radius 1 is 1.70 bits per heavy atom. The summed E-state index contributed by atoms with van der Waals surface area (Å²) in [5.41, 5.74) is 0. The summed E-state index contributed by atoms with van der Waals surface area (Å²) < 4.78 is 0. The van der Waals surface area contributed by atoms with Gasteiger partial charge in [-0.05, 0) is 5.92 Å². The van der Waals surface area contributed by atoms with Crippen molar-refractivity contribution < 1.29 is 9.63 Å². The first-order chi connectivity index (χ1) is 4.66. The van der Waals surface area contributed by atoms with Gasteiger partial charge in [0, 0.05) is 13.3 Å². The van der Waals surface area contributed by atoms with E-state index in [1.54, 1.807) is 6.21 Å². The molecule has 0 rings (SSSR count). The van der Waals surface area contributed by atoms with Crippen LogP contribution in [0.25, 0.3) is 0 Å². The van der Waals surface area contributed by atoms with Crippen LogP contribution in [0, 0.1) is 5.92 Å². The van der Waals surface area contributed by atoms with Crippen LogP contribution in [0.5, 0.6) is 0 Å². The molecule has 4 heteroatoms. The molecule has 1 amide bonds. The van der Waals surface area contributed by atoms with Gasteiger partial charge >= 0.3 is 6.09 Å². The predicted octanol–water partition coefficient (Wildman–Crippen LogP) is 0.984. The van der Waals surface area contributed by atoms with Crippen LogP contribution in [0.3, 0.4) is 0 Å². The molecule has 0 atom stereocenters. The van der Waals surface area contributed by atoms with Crippen LogP contribution in [0.4, 0.5) is 4.79 Å². The minimum Gasteiger partial charge on any atom is -0.323 e. The second-order valence-electron chi connectivity index (χ2n) is 2.13. The van der Waals surface area contributed by atoms with Gasteiger partial charge in [-0.15, -0.1) is 0 Å². The Labute approximate surface area is 60.2 Å². The smallest absolute Gasteiger partial charge is 0.323 e. The minimum absolute atomic E-state index is 0.296. The van der Waals surface area contributed by atoms with E-state index in [4.69, 9.17) is 0 Å². The third-order valence-electron chi connectivity index (χ3n) is 0.699. The molecule has 10 heavy (non-hydrogen) atoms. The second-order valence-corrected chi connectivity index (χ2v) is 2.13. The van der Waals surface area contributed by atoms with E-state index in [0.717, 1.165) is 0 Å². The summed E-state index contributed by atoms with van der Waals surface area (Å²) in [4.78, 5) is 14.7. The average Bonchev–Trinajstić information content (AvgIpc) is 1.87. The van der Waals surface area contributed by atoms with Gasteiger partial charge < -0.3 is 5.32 Å². The van der Waals surface area contributed by atoms with E-state index in [9.17, 15) is 4.79 Å². The molecule has 0 aliphatic rings. The Morgan fingerprint density at radius 2 is 2.30 bits per heavy atom. The SMILES string of the molecule is CNC(=O)O/N=C\C(C)C. The Morgan fingerprint density at radius 3 is 2.70 bits per heavy atom. The molecule has 0 saturated carbocycles. The molecule has 0 heterocycles. The van der Waals surface area contributed by atoms with Gasteiger partial charge in [0.1, 0.15) is 0 Å². The van der Waals surface area contributed by atoms with Crippen molar-refractivity contribution in [1.29, 1.82) is 0 Å². The molecule has 0 aromatic heterocycles. The maximum Gasteiger partial charge on any atom is 0.433 e. The highest BCUT2D eigenvalue weighted by atomic mass is 16.7. The van der Waals surface area contributed by atoms with Crippen molar-refractivity contribution in [3.8, 4) is 0 Å². The second kappa shape index (κ2) is 4.78. The number of hydrogen-bond acceptors (Lipinski definition) is 3. The van der Waals surface area contributed by atoms with E-state index in [1.807, 2.05) is 13.8 Å². The van der Waals surface area contributed by atoms with Crippen LogP contribution in [0.15, 0.2) is 5.16 Å². The number of hydrogen-bond donors (Lipinski definition) is 1. The van der Waals surface area contributed by atoms with Gasteiger partial charge in [0.15, 0.2) is 0 Å². The number of oxime groups is 1. The van der Waals surface area contributed by atoms with Crippen LogP contribution in [-0.4, -0.2) is 19.4 Å². The monoisotopic (exact) mass is 144 g/mol. The third-order valence-corrected chi connectivity index (χ3v) is 0.699. The number of nitrogens with zero attached hydrogens (tertiary/aromatic N) is 1. The first-order valence-corrected chi connectivity index (χ1v) is 3.09. The molecule has 0 bridgehead atoms. The van der Waals surface area contributed by atoms with E-state index in [1.165, 1.54) is 7.05 Å². The predicted molar refractivity (Wildman–Crippen MR) is 38.9 cm³/mol. The molecular formula is C6H12N2O2. The van der Waals surface area contributed by atoms with Gasteiger partial charge in [-0.3, -0.25) is 4.84 Å². The maximum atomic E-state index is 10.3. The summed E-state index contributed by atoms with van der Waals surface area (Å²) in [6, 6.07) is 0. The van der Waals surface area contributed by atoms with Crippen molar-refractivity contribution in [2.75, 3.05) is 7.05 Å². The van der Waals surface area contributed by atoms with Gasteiger partial charge in [-0.25, -0.2) is 4.79 Å². The van der Waals surface area contributed by atoms with Crippen molar-refractivity contribution in [3.63, 3.8) is 0 Å². The van der Waals surface area contributed by atoms with Gasteiger partial charge in [0.2, 0.25) is 0 Å². The largest absolute Gasteiger partial charge is 0.433 e. The highest BCUT2D eigenvalue weighted by Gasteiger charge is 1.93. The van der Waals surface area contributed by atoms with E-state index in [2.05, 4.69) is 15.3 Å². The molecule has 0 aliphatic heterocycles. The molecule has 4 nitrogen and oxygen atoms in total. The summed E-state index contributed by atoms with van der Waals surface area (Å²) in [6.07, 6.45) is 1.01. The van der Waals surface area contributed by atoms with E-state index in [0.29, 0.717) is 5.92 Å². The summed E-state index contributed by atoms with van der Waals surface area (Å²) in [5, 5.41) is 5.67. The van der Waals surface area contributed by atoms with Crippen molar-refractivity contribution in [1.82, 2.24) is 5.32 Å². The quantitative estimate of drug-likeness (QED) is 0.357. The molecule has 0 unspecified atom stereocenters. The van der Waals surface area contributed by atoms with Gasteiger partial charge in [0.05, 0.1) is 0 Å². The van der Waals surface area contributed by atoms with Crippen LogP contribution in [0.1, 0.15) is 13.8 Å². The molecule has 0 aromatic rings. The molecule has 0 saturated heterocycles. The normalized spacial score (nSPS) is 10.4. The summed E-state index contributed by atoms with van der Waals surface area (Å²) in [5.74, 6) is 0.296. The van der Waals surface area contributed by atoms with E-state index < -0.39 is 6.09 Å². The Hall–Kier alpha value is -1.06. The topological polar surface area (TPSA) is 50.7 Å². The molecule has 0 spiro atoms. The van der Waals surface area contributed by atoms with Crippen LogP contribution >= 0.6 is 0 Å². The molecular weight excluding hydrogens is 132 g/mol. The fourth-order valence-electron chi connectivity index (χ4n) is 0.246. The number of nitrogens with one attached hydrogen (secondary N) is 1. The zero-order valence-corrected chi connectivity index (χ0v) is 6.42. The van der Waals surface area contributed by atoms with Crippen molar-refractivity contribution >= 4 is 12.3 Å². The Bertz CT molecular complexity index is 132. The van der Waals surface area contributed by atoms with Crippen LogP contribution in [0.2, 0.25) is 0 Å². The van der Waals surface area contributed by atoms with Crippen molar-refractivity contribution in [2.24, 2.45) is 11.1 Å². The summed E-state index contributed by atoms with van der Waals surface area (Å²) >= 11 is 0.